The predicted octanol–water partition coefficient (Wildman–Crippen LogP) is 2.64. The van der Waals surface area contributed by atoms with Gasteiger partial charge in [-0.1, -0.05) is 29.5 Å². The molecule has 6 heteroatoms. The molecule has 1 aliphatic rings. The van der Waals surface area contributed by atoms with E-state index >= 15 is 0 Å². The number of pyridine rings is 1. The number of amides is 1. The van der Waals surface area contributed by atoms with Crippen LogP contribution in [0.15, 0.2) is 60.9 Å². The van der Waals surface area contributed by atoms with Gasteiger partial charge < -0.3 is 4.90 Å². The SMILES string of the molecule is O=C(c1cnnn1-c1ccccc1)N1CCC[C@@H]1c1ccccn1. The van der Waals surface area contributed by atoms with E-state index in [1.54, 1.807) is 10.9 Å². The topological polar surface area (TPSA) is 63.9 Å². The number of para-hydroxylation sites is 1. The summed E-state index contributed by atoms with van der Waals surface area (Å²) in [6.07, 6.45) is 5.20. The molecule has 0 N–H and O–H groups in total. The normalized spacial score (nSPS) is 17.2. The molecule has 0 aliphatic carbocycles. The standard InChI is InChI=1S/C18H17N5O/c24-18(17-13-20-21-23(17)14-7-2-1-3-8-14)22-12-6-10-16(22)15-9-4-5-11-19-15/h1-5,7-9,11,13,16H,6,10,12H2/t16-/m1/s1. The number of hydrogen-bond acceptors (Lipinski definition) is 4. The van der Waals surface area contributed by atoms with Crippen LogP contribution in [-0.4, -0.2) is 37.3 Å². The van der Waals surface area contributed by atoms with Gasteiger partial charge in [-0.15, -0.1) is 5.10 Å². The maximum atomic E-state index is 13.1. The van der Waals surface area contributed by atoms with Gasteiger partial charge in [0.05, 0.1) is 23.6 Å². The summed E-state index contributed by atoms with van der Waals surface area (Å²) >= 11 is 0. The summed E-state index contributed by atoms with van der Waals surface area (Å²) in [7, 11) is 0. The van der Waals surface area contributed by atoms with Gasteiger partial charge in [-0.3, -0.25) is 9.78 Å². The van der Waals surface area contributed by atoms with Crippen molar-refractivity contribution in [3.05, 3.63) is 72.3 Å². The highest BCUT2D eigenvalue weighted by molar-refractivity contribution is 5.93. The van der Waals surface area contributed by atoms with Crippen LogP contribution < -0.4 is 0 Å². The molecule has 1 fully saturated rings. The minimum absolute atomic E-state index is 0.0119. The van der Waals surface area contributed by atoms with E-state index in [0.717, 1.165) is 30.8 Å². The number of aromatic nitrogens is 4. The number of likely N-dealkylation sites (tertiary alicyclic amines) is 1. The molecule has 6 nitrogen and oxygen atoms in total. The Morgan fingerprint density at radius 2 is 1.92 bits per heavy atom. The lowest BCUT2D eigenvalue weighted by Gasteiger charge is -2.24. The smallest absolute Gasteiger partial charge is 0.274 e. The maximum Gasteiger partial charge on any atom is 0.274 e. The summed E-state index contributed by atoms with van der Waals surface area (Å²) in [5, 5.41) is 8.02. The van der Waals surface area contributed by atoms with Crippen LogP contribution in [-0.2, 0) is 0 Å². The van der Waals surface area contributed by atoms with Crippen LogP contribution >= 0.6 is 0 Å². The lowest BCUT2D eigenvalue weighted by Crippen LogP contribution is -2.32. The van der Waals surface area contributed by atoms with Crippen molar-refractivity contribution >= 4 is 5.91 Å². The van der Waals surface area contributed by atoms with Crippen molar-refractivity contribution in [2.75, 3.05) is 6.54 Å². The number of carbonyl (C=O) groups is 1. The molecule has 1 aliphatic heterocycles. The van der Waals surface area contributed by atoms with Crippen LogP contribution in [0.5, 0.6) is 0 Å². The van der Waals surface area contributed by atoms with E-state index in [0.29, 0.717) is 5.69 Å². The van der Waals surface area contributed by atoms with Crippen LogP contribution in [0.25, 0.3) is 5.69 Å². The monoisotopic (exact) mass is 319 g/mol. The lowest BCUT2D eigenvalue weighted by atomic mass is 10.1. The van der Waals surface area contributed by atoms with Gasteiger partial charge in [-0.2, -0.15) is 0 Å². The predicted molar refractivity (Wildman–Crippen MR) is 88.6 cm³/mol. The van der Waals surface area contributed by atoms with E-state index in [2.05, 4.69) is 15.3 Å². The fraction of sp³-hybridized carbons (Fsp3) is 0.222. The molecular weight excluding hydrogens is 302 g/mol. The Labute approximate surface area is 139 Å². The van der Waals surface area contributed by atoms with E-state index in [9.17, 15) is 4.79 Å². The molecule has 0 spiro atoms. The summed E-state index contributed by atoms with van der Waals surface area (Å²) in [6.45, 7) is 0.722. The van der Waals surface area contributed by atoms with Crippen molar-refractivity contribution in [3.8, 4) is 5.69 Å². The molecular formula is C18H17N5O. The van der Waals surface area contributed by atoms with E-state index in [1.807, 2.05) is 53.4 Å². The van der Waals surface area contributed by atoms with Crippen molar-refractivity contribution in [2.45, 2.75) is 18.9 Å². The second-order valence-corrected chi connectivity index (χ2v) is 5.78. The molecule has 120 valence electrons. The average molecular weight is 319 g/mol. The summed E-state index contributed by atoms with van der Waals surface area (Å²) < 4.78 is 1.59. The highest BCUT2D eigenvalue weighted by atomic mass is 16.2. The van der Waals surface area contributed by atoms with Crippen LogP contribution in [0.3, 0.4) is 0 Å². The lowest BCUT2D eigenvalue weighted by molar-refractivity contribution is 0.0723. The molecule has 1 atom stereocenters. The van der Waals surface area contributed by atoms with Crippen molar-refractivity contribution < 1.29 is 4.79 Å². The third-order valence-electron chi connectivity index (χ3n) is 4.31. The first kappa shape index (κ1) is 14.6. The molecule has 1 amide bonds. The van der Waals surface area contributed by atoms with Gasteiger partial charge in [0.2, 0.25) is 0 Å². The molecule has 3 heterocycles. The Balaban J connectivity index is 1.66. The Hall–Kier alpha value is -3.02. The summed E-state index contributed by atoms with van der Waals surface area (Å²) in [4.78, 5) is 19.4. The highest BCUT2D eigenvalue weighted by Crippen LogP contribution is 2.32. The molecule has 0 saturated carbocycles. The second kappa shape index (κ2) is 6.23. The van der Waals surface area contributed by atoms with Gasteiger partial charge >= 0.3 is 0 Å². The molecule has 1 saturated heterocycles. The van der Waals surface area contributed by atoms with E-state index in [-0.39, 0.29) is 11.9 Å². The average Bonchev–Trinajstić information content (AvgIpc) is 3.32. The molecule has 0 unspecified atom stereocenters. The zero-order chi connectivity index (χ0) is 16.4. The molecule has 24 heavy (non-hydrogen) atoms. The zero-order valence-corrected chi connectivity index (χ0v) is 13.1. The second-order valence-electron chi connectivity index (χ2n) is 5.78. The number of rotatable bonds is 3. The van der Waals surface area contributed by atoms with Crippen molar-refractivity contribution in [2.24, 2.45) is 0 Å². The van der Waals surface area contributed by atoms with Gasteiger partial charge in [0.25, 0.3) is 5.91 Å². The first-order valence-electron chi connectivity index (χ1n) is 8.02. The summed E-state index contributed by atoms with van der Waals surface area (Å²) in [5.41, 5.74) is 2.23. The van der Waals surface area contributed by atoms with Crippen LogP contribution in [0, 0.1) is 0 Å². The fourth-order valence-corrected chi connectivity index (χ4v) is 3.18. The summed E-state index contributed by atoms with van der Waals surface area (Å²) in [5.74, 6) is -0.0583. The van der Waals surface area contributed by atoms with Crippen molar-refractivity contribution in [1.29, 1.82) is 0 Å². The Morgan fingerprint density at radius 1 is 1.08 bits per heavy atom. The Kier molecular flexibility index (Phi) is 3.78. The number of benzene rings is 1. The van der Waals surface area contributed by atoms with Gasteiger partial charge in [0, 0.05) is 12.7 Å². The Morgan fingerprint density at radius 3 is 2.71 bits per heavy atom. The molecule has 4 rings (SSSR count). The van der Waals surface area contributed by atoms with Crippen molar-refractivity contribution in [3.63, 3.8) is 0 Å². The van der Waals surface area contributed by atoms with Gasteiger partial charge in [-0.05, 0) is 37.1 Å². The fourth-order valence-electron chi connectivity index (χ4n) is 3.18. The van der Waals surface area contributed by atoms with Crippen LogP contribution in [0.2, 0.25) is 0 Å². The number of nitrogens with zero attached hydrogens (tertiary/aromatic N) is 5. The van der Waals surface area contributed by atoms with E-state index in [1.165, 1.54) is 6.20 Å². The zero-order valence-electron chi connectivity index (χ0n) is 13.1. The van der Waals surface area contributed by atoms with Crippen LogP contribution in [0.1, 0.15) is 35.1 Å². The number of hydrogen-bond donors (Lipinski definition) is 0. The van der Waals surface area contributed by atoms with E-state index < -0.39 is 0 Å². The largest absolute Gasteiger partial charge is 0.329 e. The molecule has 1 aromatic carbocycles. The molecule has 3 aromatic rings. The van der Waals surface area contributed by atoms with Crippen LogP contribution in [0.4, 0.5) is 0 Å². The molecule has 0 bridgehead atoms. The first-order chi connectivity index (χ1) is 11.8. The number of carbonyl (C=O) groups excluding carboxylic acids is 1. The third-order valence-corrected chi connectivity index (χ3v) is 4.31. The quantitative estimate of drug-likeness (QED) is 0.744. The third kappa shape index (κ3) is 2.56. The molecule has 2 aromatic heterocycles. The maximum absolute atomic E-state index is 13.1. The van der Waals surface area contributed by atoms with Gasteiger partial charge in [-0.25, -0.2) is 4.68 Å². The van der Waals surface area contributed by atoms with Crippen molar-refractivity contribution in [1.82, 2.24) is 24.9 Å². The first-order valence-corrected chi connectivity index (χ1v) is 8.02. The molecule has 0 radical (unpaired) electrons. The highest BCUT2D eigenvalue weighted by Gasteiger charge is 2.33. The van der Waals surface area contributed by atoms with Gasteiger partial charge in [0.15, 0.2) is 5.69 Å². The van der Waals surface area contributed by atoms with Gasteiger partial charge in [0.1, 0.15) is 0 Å². The summed E-state index contributed by atoms with van der Waals surface area (Å²) in [6, 6.07) is 15.4. The van der Waals surface area contributed by atoms with E-state index in [4.69, 9.17) is 0 Å². The minimum Gasteiger partial charge on any atom is -0.329 e. The minimum atomic E-state index is -0.0583. The Bertz CT molecular complexity index is 831.